The van der Waals surface area contributed by atoms with Crippen molar-refractivity contribution in [2.45, 2.75) is 0 Å². The number of hydrogen-bond donors (Lipinski definition) is 0. The van der Waals surface area contributed by atoms with Crippen LogP contribution in [-0.4, -0.2) is 27.4 Å². The maximum atomic E-state index is 3.25. The molecular formula is H10Br2O5Zn. The van der Waals surface area contributed by atoms with E-state index in [1.807, 2.05) is 0 Å². The van der Waals surface area contributed by atoms with Crippen molar-refractivity contribution in [2.24, 2.45) is 0 Å². The van der Waals surface area contributed by atoms with Crippen LogP contribution < -0.4 is 0 Å². The van der Waals surface area contributed by atoms with Crippen molar-refractivity contribution in [3.05, 3.63) is 0 Å². The van der Waals surface area contributed by atoms with Crippen molar-refractivity contribution >= 4 is 27.2 Å². The Morgan fingerprint density at radius 3 is 0.625 bits per heavy atom. The molecule has 0 aromatic heterocycles. The van der Waals surface area contributed by atoms with Crippen LogP contribution in [0.3, 0.4) is 0 Å². The maximum absolute atomic E-state index is 3.25. The molecule has 8 heteroatoms. The van der Waals surface area contributed by atoms with Crippen LogP contribution >= 0.6 is 27.2 Å². The summed E-state index contributed by atoms with van der Waals surface area (Å²) in [5.41, 5.74) is 0. The van der Waals surface area contributed by atoms with Crippen LogP contribution in [-0.2, 0) is 13.2 Å². The van der Waals surface area contributed by atoms with Crippen LogP contribution in [0.15, 0.2) is 0 Å². The van der Waals surface area contributed by atoms with E-state index in [1.165, 1.54) is 0 Å². The fourth-order valence-electron chi connectivity index (χ4n) is 0. The van der Waals surface area contributed by atoms with Crippen LogP contribution in [0.4, 0.5) is 0 Å². The summed E-state index contributed by atoms with van der Waals surface area (Å²) >= 11 is 6.25. The fraction of sp³-hybridized carbons (Fsp3) is 0. The van der Waals surface area contributed by atoms with Gasteiger partial charge in [0.2, 0.25) is 0 Å². The molecular weight excluding hydrogens is 305 g/mol. The first-order chi connectivity index (χ1) is 1.41. The van der Waals surface area contributed by atoms with Crippen LogP contribution in [0, 0.1) is 0 Å². The van der Waals surface area contributed by atoms with Gasteiger partial charge in [-0.05, 0) is 0 Å². The first-order valence-electron chi connectivity index (χ1n) is 0.535. The average molecular weight is 315 g/mol. The van der Waals surface area contributed by atoms with Crippen molar-refractivity contribution in [3.8, 4) is 0 Å². The molecule has 10 N–H and O–H groups in total. The quantitative estimate of drug-likeness (QED) is 0.435. The molecule has 0 rings (SSSR count). The molecule has 0 fully saturated rings. The fourth-order valence-corrected chi connectivity index (χ4v) is 0. The standard InChI is InChI=1S/2BrH.5H2O.Zn/h2*1H;5*1H2;/q;;;;;;;+2/p-2. The van der Waals surface area contributed by atoms with Gasteiger partial charge in [-0.15, -0.1) is 0 Å². The van der Waals surface area contributed by atoms with Gasteiger partial charge in [0.15, 0.2) is 0 Å². The van der Waals surface area contributed by atoms with E-state index in [4.69, 9.17) is 0 Å². The van der Waals surface area contributed by atoms with Crippen LogP contribution in [0.1, 0.15) is 0 Å². The van der Waals surface area contributed by atoms with Gasteiger partial charge in [-0.3, -0.25) is 0 Å². The zero-order valence-electron chi connectivity index (χ0n) is 3.96. The summed E-state index contributed by atoms with van der Waals surface area (Å²) in [7, 11) is 0. The zero-order chi connectivity index (χ0) is 2.71. The van der Waals surface area contributed by atoms with Crippen LogP contribution in [0.5, 0.6) is 0 Å². The SMILES string of the molecule is O.O.O.O.O.[Br][Zn][Br]. The summed E-state index contributed by atoms with van der Waals surface area (Å²) in [6.07, 6.45) is 0. The summed E-state index contributed by atoms with van der Waals surface area (Å²) in [4.78, 5) is 0. The van der Waals surface area contributed by atoms with Gasteiger partial charge < -0.3 is 27.4 Å². The summed E-state index contributed by atoms with van der Waals surface area (Å²) in [6.45, 7) is 0. The monoisotopic (exact) mass is 312 g/mol. The third kappa shape index (κ3) is 157. The summed E-state index contributed by atoms with van der Waals surface area (Å²) in [6, 6.07) is 0. The third-order valence-corrected chi connectivity index (χ3v) is 0. The Labute approximate surface area is 67.7 Å². The number of hydrogen-bond acceptors (Lipinski definition) is 0. The second-order valence-electron chi connectivity index (χ2n) is 0.101. The average Bonchev–Trinajstić information content (AvgIpc) is 0.918. The molecule has 0 amide bonds. The molecule has 5 nitrogen and oxygen atoms in total. The molecule has 0 spiro atoms. The molecule has 0 atom stereocenters. The Balaban J connectivity index is -0.00000000200. The molecule has 8 heavy (non-hydrogen) atoms. The molecule has 0 aromatic rings. The van der Waals surface area contributed by atoms with E-state index in [0.29, 0.717) is 0 Å². The van der Waals surface area contributed by atoms with Gasteiger partial charge in [-0.25, -0.2) is 0 Å². The van der Waals surface area contributed by atoms with Gasteiger partial charge in [0.05, 0.1) is 0 Å². The van der Waals surface area contributed by atoms with Crippen molar-refractivity contribution in [3.63, 3.8) is 0 Å². The molecule has 0 saturated heterocycles. The second-order valence-corrected chi connectivity index (χ2v) is 14.2. The molecule has 0 bridgehead atoms. The Bertz CT molecular complexity index is 10.4. The molecule has 0 aromatic carbocycles. The molecule has 0 radical (unpaired) electrons. The predicted molar refractivity (Wildman–Crippen MR) is 35.9 cm³/mol. The van der Waals surface area contributed by atoms with E-state index in [2.05, 4.69) is 27.2 Å². The molecule has 0 aliphatic carbocycles. The Hall–Kier alpha value is 1.38. The Kier molecular flexibility index (Phi) is 579. The van der Waals surface area contributed by atoms with Gasteiger partial charge in [-0.2, -0.15) is 0 Å². The summed E-state index contributed by atoms with van der Waals surface area (Å²) in [5, 5.41) is 0. The van der Waals surface area contributed by atoms with E-state index >= 15 is 0 Å². The molecule has 0 unspecified atom stereocenters. The Morgan fingerprint density at radius 2 is 0.625 bits per heavy atom. The minimum absolute atomic E-state index is 0. The van der Waals surface area contributed by atoms with Gasteiger partial charge in [-0.1, -0.05) is 0 Å². The van der Waals surface area contributed by atoms with Gasteiger partial charge in [0.1, 0.15) is 0 Å². The van der Waals surface area contributed by atoms with E-state index in [-0.39, 0.29) is 40.6 Å². The second kappa shape index (κ2) is 80.5. The first kappa shape index (κ1) is 57.6. The van der Waals surface area contributed by atoms with E-state index in [1.54, 1.807) is 0 Å². The Morgan fingerprint density at radius 1 is 0.625 bits per heavy atom. The van der Waals surface area contributed by atoms with Crippen LogP contribution in [0.2, 0.25) is 0 Å². The van der Waals surface area contributed by atoms with E-state index in [9.17, 15) is 0 Å². The van der Waals surface area contributed by atoms with Gasteiger partial charge >= 0.3 is 40.5 Å². The normalized spacial score (nSPS) is 1.25. The van der Waals surface area contributed by atoms with Gasteiger partial charge in [0.25, 0.3) is 0 Å². The van der Waals surface area contributed by atoms with Gasteiger partial charge in [0, 0.05) is 0 Å². The number of halogens is 2. The third-order valence-electron chi connectivity index (χ3n) is 0. The topological polar surface area (TPSA) is 158 Å². The molecule has 0 saturated carbocycles. The molecule has 56 valence electrons. The van der Waals surface area contributed by atoms with Crippen LogP contribution in [0.25, 0.3) is 0 Å². The zero-order valence-corrected chi connectivity index (χ0v) is 10.1. The van der Waals surface area contributed by atoms with Crippen molar-refractivity contribution < 1.29 is 40.6 Å². The number of rotatable bonds is 0. The van der Waals surface area contributed by atoms with E-state index < -0.39 is 0 Å². The van der Waals surface area contributed by atoms with E-state index in [0.717, 1.165) is 0 Å². The summed E-state index contributed by atoms with van der Waals surface area (Å²) < 4.78 is 0. The van der Waals surface area contributed by atoms with Crippen molar-refractivity contribution in [2.75, 3.05) is 0 Å². The molecule has 0 aliphatic heterocycles. The van der Waals surface area contributed by atoms with Crippen molar-refractivity contribution in [1.29, 1.82) is 0 Å². The predicted octanol–water partition coefficient (Wildman–Crippen LogP) is -2.43. The first-order valence-corrected chi connectivity index (χ1v) is 14.4. The van der Waals surface area contributed by atoms with Crippen molar-refractivity contribution in [1.82, 2.24) is 0 Å². The molecule has 0 aliphatic rings. The molecule has 0 heterocycles. The summed E-state index contributed by atoms with van der Waals surface area (Å²) in [5.74, 6) is 0. The minimum atomic E-state index is -0.250.